The van der Waals surface area contributed by atoms with Crippen LogP contribution in [0.5, 0.6) is 0 Å². The van der Waals surface area contributed by atoms with Gasteiger partial charge in [0.15, 0.2) is 0 Å². The average molecular weight is 476 g/mol. The van der Waals surface area contributed by atoms with Gasteiger partial charge in [-0.25, -0.2) is 0 Å². The Morgan fingerprint density at radius 1 is 0.970 bits per heavy atom. The standard InChI is InChI=1S/C25H37N3O4S/c1-4-5-14-27-15-10-12-25-19(18-21(30)26(3)13-9-11-24(18,2)33-25)22(31)28(20(25)23(27)32)16-7-6-8-17-29/h9-12,18-20,29H,4-8,13-17H2,1-3H3/t18-,19+,20?,24+,25+/m1/s1. The van der Waals surface area contributed by atoms with Gasteiger partial charge < -0.3 is 19.8 Å². The highest BCUT2D eigenvalue weighted by molar-refractivity contribution is 8.02. The van der Waals surface area contributed by atoms with Crippen molar-refractivity contribution in [1.29, 1.82) is 0 Å². The van der Waals surface area contributed by atoms with Gasteiger partial charge in [0.05, 0.1) is 16.6 Å². The van der Waals surface area contributed by atoms with Crippen LogP contribution < -0.4 is 0 Å². The number of aliphatic hydroxyl groups excluding tert-OH is 1. The smallest absolute Gasteiger partial charge is 0.247 e. The number of thioether (sulfide) groups is 1. The van der Waals surface area contributed by atoms with Crippen molar-refractivity contribution < 1.29 is 19.5 Å². The zero-order chi connectivity index (χ0) is 23.8. The highest BCUT2D eigenvalue weighted by Gasteiger charge is 2.73. The minimum atomic E-state index is -0.746. The van der Waals surface area contributed by atoms with Crippen LogP contribution in [0.3, 0.4) is 0 Å². The summed E-state index contributed by atoms with van der Waals surface area (Å²) in [4.78, 5) is 46.9. The molecule has 1 N–H and O–H groups in total. The maximum Gasteiger partial charge on any atom is 0.247 e. The zero-order valence-electron chi connectivity index (χ0n) is 20.0. The second kappa shape index (κ2) is 9.45. The summed E-state index contributed by atoms with van der Waals surface area (Å²) in [5, 5.41) is 9.16. The van der Waals surface area contributed by atoms with E-state index in [1.54, 1.807) is 28.6 Å². The quantitative estimate of drug-likeness (QED) is 0.429. The van der Waals surface area contributed by atoms with Gasteiger partial charge in [0, 0.05) is 44.6 Å². The van der Waals surface area contributed by atoms with Crippen LogP contribution in [0, 0.1) is 11.8 Å². The molecule has 0 bridgehead atoms. The third-order valence-electron chi connectivity index (χ3n) is 7.68. The summed E-state index contributed by atoms with van der Waals surface area (Å²) in [5.41, 5.74) is 0. The third kappa shape index (κ3) is 3.93. The Hall–Kier alpha value is -1.80. The highest BCUT2D eigenvalue weighted by Crippen LogP contribution is 2.65. The number of rotatable bonds is 8. The van der Waals surface area contributed by atoms with Gasteiger partial charge in [-0.2, -0.15) is 0 Å². The topological polar surface area (TPSA) is 81.2 Å². The number of carbonyl (C=O) groups is 3. The van der Waals surface area contributed by atoms with Crippen LogP contribution >= 0.6 is 11.8 Å². The van der Waals surface area contributed by atoms with E-state index in [9.17, 15) is 14.4 Å². The highest BCUT2D eigenvalue weighted by atomic mass is 32.2. The van der Waals surface area contributed by atoms with Gasteiger partial charge in [-0.15, -0.1) is 11.8 Å². The number of hydrogen-bond acceptors (Lipinski definition) is 5. The Balaban J connectivity index is 1.76. The lowest BCUT2D eigenvalue weighted by Gasteiger charge is -2.37. The molecule has 0 radical (unpaired) electrons. The molecule has 5 atom stereocenters. The van der Waals surface area contributed by atoms with Crippen LogP contribution in [-0.2, 0) is 14.4 Å². The van der Waals surface area contributed by atoms with Gasteiger partial charge in [-0.3, -0.25) is 14.4 Å². The molecule has 2 saturated heterocycles. The van der Waals surface area contributed by atoms with E-state index in [1.165, 1.54) is 0 Å². The molecule has 0 saturated carbocycles. The molecule has 4 heterocycles. The summed E-state index contributed by atoms with van der Waals surface area (Å²) in [6.45, 7) is 6.52. The van der Waals surface area contributed by atoms with Gasteiger partial charge >= 0.3 is 0 Å². The first-order chi connectivity index (χ1) is 15.8. The normalized spacial score (nSPS) is 35.6. The van der Waals surface area contributed by atoms with Gasteiger partial charge in [-0.05, 0) is 32.6 Å². The Labute approximate surface area is 201 Å². The number of aliphatic hydroxyl groups is 1. The Morgan fingerprint density at radius 2 is 1.73 bits per heavy atom. The van der Waals surface area contributed by atoms with E-state index in [0.29, 0.717) is 32.6 Å². The third-order valence-corrected chi connectivity index (χ3v) is 9.48. The fraction of sp³-hybridized carbons (Fsp3) is 0.720. The summed E-state index contributed by atoms with van der Waals surface area (Å²) in [6, 6.07) is -0.597. The number of likely N-dealkylation sites (N-methyl/N-ethyl adjacent to an activating group) is 1. The molecular formula is C25H37N3O4S. The molecule has 0 aromatic heterocycles. The number of likely N-dealkylation sites (tertiary alicyclic amines) is 1. The van der Waals surface area contributed by atoms with Crippen molar-refractivity contribution >= 4 is 29.5 Å². The molecule has 0 aromatic carbocycles. The second-order valence-corrected chi connectivity index (χ2v) is 11.8. The first-order valence-corrected chi connectivity index (χ1v) is 13.1. The molecule has 2 fully saturated rings. The molecule has 33 heavy (non-hydrogen) atoms. The molecule has 4 rings (SSSR count). The molecule has 4 aliphatic rings. The number of fused-ring (bicyclic) bond motifs is 2. The van der Waals surface area contributed by atoms with Crippen molar-refractivity contribution in [2.24, 2.45) is 11.8 Å². The lowest BCUT2D eigenvalue weighted by Crippen LogP contribution is -2.53. The van der Waals surface area contributed by atoms with Crippen LogP contribution in [0.1, 0.15) is 46.0 Å². The van der Waals surface area contributed by atoms with E-state index in [0.717, 1.165) is 25.7 Å². The SMILES string of the molecule is CCCCN1CC=C[C@]23S[C@@]4(C)C=CCN(C)C(=O)[C@H]4[C@H]2C(=O)N(CCCCCO)C3C1=O. The monoisotopic (exact) mass is 475 g/mol. The van der Waals surface area contributed by atoms with Crippen molar-refractivity contribution in [2.75, 3.05) is 39.8 Å². The zero-order valence-corrected chi connectivity index (χ0v) is 20.9. The first kappa shape index (κ1) is 24.3. The molecule has 8 heteroatoms. The van der Waals surface area contributed by atoms with Crippen molar-refractivity contribution in [1.82, 2.24) is 14.7 Å². The van der Waals surface area contributed by atoms with Crippen molar-refractivity contribution in [3.63, 3.8) is 0 Å². The molecule has 1 spiro atoms. The van der Waals surface area contributed by atoms with Crippen LogP contribution in [0.25, 0.3) is 0 Å². The fourth-order valence-electron chi connectivity index (χ4n) is 6.05. The number of hydrogen-bond donors (Lipinski definition) is 1. The molecule has 0 aliphatic carbocycles. The maximum atomic E-state index is 14.0. The molecule has 1 unspecified atom stereocenters. The minimum Gasteiger partial charge on any atom is -0.396 e. The summed E-state index contributed by atoms with van der Waals surface area (Å²) in [7, 11) is 1.79. The molecule has 3 amide bonds. The van der Waals surface area contributed by atoms with E-state index in [2.05, 4.69) is 26.0 Å². The number of unbranched alkanes of at least 4 members (excludes halogenated alkanes) is 3. The van der Waals surface area contributed by atoms with Crippen LogP contribution in [-0.4, -0.2) is 92.9 Å². The van der Waals surface area contributed by atoms with E-state index in [4.69, 9.17) is 5.11 Å². The Bertz CT molecular complexity index is 861. The molecule has 7 nitrogen and oxygen atoms in total. The van der Waals surface area contributed by atoms with Crippen LogP contribution in [0.2, 0.25) is 0 Å². The van der Waals surface area contributed by atoms with Gasteiger partial charge in [0.25, 0.3) is 0 Å². The Kier molecular flexibility index (Phi) is 6.97. The molecule has 182 valence electrons. The minimum absolute atomic E-state index is 0.00352. The molecule has 4 aliphatic heterocycles. The van der Waals surface area contributed by atoms with E-state index < -0.39 is 27.4 Å². The Morgan fingerprint density at radius 3 is 2.45 bits per heavy atom. The van der Waals surface area contributed by atoms with E-state index in [-0.39, 0.29) is 24.3 Å². The summed E-state index contributed by atoms with van der Waals surface area (Å²) >= 11 is 1.64. The maximum absolute atomic E-state index is 14.0. The summed E-state index contributed by atoms with van der Waals surface area (Å²) in [6.07, 6.45) is 12.4. The van der Waals surface area contributed by atoms with Gasteiger partial charge in [0.2, 0.25) is 17.7 Å². The van der Waals surface area contributed by atoms with Crippen molar-refractivity contribution in [3.8, 4) is 0 Å². The first-order valence-electron chi connectivity index (χ1n) is 12.3. The van der Waals surface area contributed by atoms with E-state index in [1.807, 2.05) is 17.1 Å². The fourth-order valence-corrected chi connectivity index (χ4v) is 8.21. The lowest BCUT2D eigenvalue weighted by atomic mass is 9.74. The van der Waals surface area contributed by atoms with Crippen LogP contribution in [0.15, 0.2) is 24.3 Å². The molecule has 0 aromatic rings. The van der Waals surface area contributed by atoms with E-state index >= 15 is 0 Å². The van der Waals surface area contributed by atoms with Gasteiger partial charge in [-0.1, -0.05) is 37.6 Å². The van der Waals surface area contributed by atoms with Gasteiger partial charge in [0.1, 0.15) is 6.04 Å². The lowest BCUT2D eigenvalue weighted by molar-refractivity contribution is -0.144. The second-order valence-electron chi connectivity index (χ2n) is 9.97. The predicted molar refractivity (Wildman–Crippen MR) is 130 cm³/mol. The summed E-state index contributed by atoms with van der Waals surface area (Å²) < 4.78 is -1.28. The predicted octanol–water partition coefficient (Wildman–Crippen LogP) is 2.06. The number of carbonyl (C=O) groups excluding carboxylic acids is 3. The van der Waals surface area contributed by atoms with Crippen molar-refractivity contribution in [2.45, 2.75) is 61.5 Å². The van der Waals surface area contributed by atoms with Crippen LogP contribution in [0.4, 0.5) is 0 Å². The van der Waals surface area contributed by atoms with Crippen molar-refractivity contribution in [3.05, 3.63) is 24.3 Å². The number of amides is 3. The number of nitrogens with zero attached hydrogens (tertiary/aromatic N) is 3. The summed E-state index contributed by atoms with van der Waals surface area (Å²) in [5.74, 6) is -1.14. The average Bonchev–Trinajstić information content (AvgIpc) is 3.06. The largest absolute Gasteiger partial charge is 0.396 e. The molecular weight excluding hydrogens is 438 g/mol.